The topological polar surface area (TPSA) is 54.8 Å². The van der Waals surface area contributed by atoms with E-state index in [1.54, 1.807) is 12.4 Å². The fourth-order valence-corrected chi connectivity index (χ4v) is 1.44. The molecule has 0 spiro atoms. The van der Waals surface area contributed by atoms with Gasteiger partial charge in [0, 0.05) is 38.2 Å². The molecule has 16 heavy (non-hydrogen) atoms. The van der Waals surface area contributed by atoms with Crippen molar-refractivity contribution in [3.63, 3.8) is 0 Å². The van der Waals surface area contributed by atoms with E-state index in [-0.39, 0.29) is 0 Å². The van der Waals surface area contributed by atoms with Crippen LogP contribution in [0.15, 0.2) is 30.6 Å². The average Bonchev–Trinajstić information content (AvgIpc) is 2.72. The van der Waals surface area contributed by atoms with Gasteiger partial charge in [0.1, 0.15) is 5.82 Å². The van der Waals surface area contributed by atoms with Gasteiger partial charge in [0.25, 0.3) is 0 Å². The van der Waals surface area contributed by atoms with Crippen molar-refractivity contribution in [3.8, 4) is 0 Å². The van der Waals surface area contributed by atoms with Crippen LogP contribution in [0.3, 0.4) is 0 Å². The van der Waals surface area contributed by atoms with Gasteiger partial charge in [-0.15, -0.1) is 0 Å². The number of nitrogens with zero attached hydrogens (tertiary/aromatic N) is 3. The third kappa shape index (κ3) is 2.31. The Bertz CT molecular complexity index is 463. The summed E-state index contributed by atoms with van der Waals surface area (Å²) in [6, 6.07) is 5.90. The third-order valence-corrected chi connectivity index (χ3v) is 2.41. The van der Waals surface area contributed by atoms with Gasteiger partial charge in [-0.05, 0) is 12.1 Å². The van der Waals surface area contributed by atoms with E-state index < -0.39 is 0 Å². The minimum Gasteiger partial charge on any atom is -0.379 e. The minimum atomic E-state index is 0.754. The van der Waals surface area contributed by atoms with Crippen LogP contribution in [-0.2, 0) is 13.6 Å². The fraction of sp³-hybridized carbons (Fsp3) is 0.273. The number of aryl methyl sites for hydroxylation is 1. The molecule has 0 bridgehead atoms. The summed E-state index contributed by atoms with van der Waals surface area (Å²) in [4.78, 5) is 4.15. The Morgan fingerprint density at radius 1 is 1.31 bits per heavy atom. The number of rotatable bonds is 4. The molecule has 0 aliphatic rings. The molecule has 2 rings (SSSR count). The predicted molar refractivity (Wildman–Crippen MR) is 64.3 cm³/mol. The van der Waals surface area contributed by atoms with Crippen LogP contribution in [0.5, 0.6) is 0 Å². The lowest BCUT2D eigenvalue weighted by molar-refractivity contribution is 0.720. The highest BCUT2D eigenvalue weighted by Gasteiger charge is 1.99. The standard InChI is InChI=1S/C11H15N5/c1-12-11-7-9(3-5-13-11)14-8-10-4-6-15-16(10)2/h3-7H,8H2,1-2H3,(H2,12,13,14). The highest BCUT2D eigenvalue weighted by Crippen LogP contribution is 2.12. The maximum atomic E-state index is 4.15. The Labute approximate surface area is 94.5 Å². The molecule has 5 heteroatoms. The van der Waals surface area contributed by atoms with E-state index >= 15 is 0 Å². The monoisotopic (exact) mass is 217 g/mol. The van der Waals surface area contributed by atoms with Crippen molar-refractivity contribution < 1.29 is 0 Å². The van der Waals surface area contributed by atoms with Crippen LogP contribution in [0.1, 0.15) is 5.69 Å². The summed E-state index contributed by atoms with van der Waals surface area (Å²) in [5, 5.41) is 10.4. The molecule has 0 atom stereocenters. The molecular formula is C11H15N5. The molecule has 2 aromatic heterocycles. The van der Waals surface area contributed by atoms with E-state index in [1.807, 2.05) is 37.0 Å². The molecule has 2 heterocycles. The Morgan fingerprint density at radius 3 is 2.88 bits per heavy atom. The van der Waals surface area contributed by atoms with E-state index in [0.29, 0.717) is 0 Å². The quantitative estimate of drug-likeness (QED) is 0.814. The normalized spacial score (nSPS) is 10.1. The molecule has 0 saturated carbocycles. The maximum absolute atomic E-state index is 4.15. The van der Waals surface area contributed by atoms with E-state index in [0.717, 1.165) is 23.7 Å². The van der Waals surface area contributed by atoms with Crippen LogP contribution in [0, 0.1) is 0 Å². The second-order valence-electron chi connectivity index (χ2n) is 3.48. The van der Waals surface area contributed by atoms with Crippen LogP contribution < -0.4 is 10.6 Å². The van der Waals surface area contributed by atoms with Crippen LogP contribution in [0.4, 0.5) is 11.5 Å². The van der Waals surface area contributed by atoms with Gasteiger partial charge in [-0.3, -0.25) is 4.68 Å². The Kier molecular flexibility index (Phi) is 3.05. The molecule has 0 radical (unpaired) electrons. The first-order chi connectivity index (χ1) is 7.79. The van der Waals surface area contributed by atoms with Gasteiger partial charge in [-0.1, -0.05) is 0 Å². The zero-order chi connectivity index (χ0) is 11.4. The predicted octanol–water partition coefficient (Wildman–Crippen LogP) is 1.47. The van der Waals surface area contributed by atoms with Gasteiger partial charge < -0.3 is 10.6 Å². The minimum absolute atomic E-state index is 0.754. The van der Waals surface area contributed by atoms with Gasteiger partial charge in [-0.25, -0.2) is 4.98 Å². The molecule has 0 saturated heterocycles. The molecular weight excluding hydrogens is 202 g/mol. The van der Waals surface area contributed by atoms with Gasteiger partial charge in [0.15, 0.2) is 0 Å². The highest BCUT2D eigenvalue weighted by atomic mass is 15.3. The molecule has 2 aromatic rings. The average molecular weight is 217 g/mol. The summed E-state index contributed by atoms with van der Waals surface area (Å²) in [6.07, 6.45) is 3.57. The summed E-state index contributed by atoms with van der Waals surface area (Å²) in [5.74, 6) is 0.856. The van der Waals surface area contributed by atoms with Crippen LogP contribution in [0.2, 0.25) is 0 Å². The number of hydrogen-bond donors (Lipinski definition) is 2. The van der Waals surface area contributed by atoms with E-state index in [9.17, 15) is 0 Å². The van der Waals surface area contributed by atoms with E-state index in [2.05, 4.69) is 20.7 Å². The molecule has 2 N–H and O–H groups in total. The first-order valence-corrected chi connectivity index (χ1v) is 5.14. The van der Waals surface area contributed by atoms with Crippen LogP contribution >= 0.6 is 0 Å². The Morgan fingerprint density at radius 2 is 2.19 bits per heavy atom. The van der Waals surface area contributed by atoms with Crippen molar-refractivity contribution in [1.82, 2.24) is 14.8 Å². The third-order valence-electron chi connectivity index (χ3n) is 2.41. The van der Waals surface area contributed by atoms with Crippen molar-refractivity contribution in [2.45, 2.75) is 6.54 Å². The van der Waals surface area contributed by atoms with Crippen LogP contribution in [-0.4, -0.2) is 21.8 Å². The second-order valence-corrected chi connectivity index (χ2v) is 3.48. The highest BCUT2D eigenvalue weighted by molar-refractivity contribution is 5.51. The van der Waals surface area contributed by atoms with E-state index in [4.69, 9.17) is 0 Å². The number of hydrogen-bond acceptors (Lipinski definition) is 4. The number of pyridine rings is 1. The van der Waals surface area contributed by atoms with Gasteiger partial charge in [0.05, 0.1) is 12.2 Å². The van der Waals surface area contributed by atoms with Gasteiger partial charge >= 0.3 is 0 Å². The Hall–Kier alpha value is -2.04. The lowest BCUT2D eigenvalue weighted by Gasteiger charge is -2.07. The second kappa shape index (κ2) is 4.65. The van der Waals surface area contributed by atoms with Crippen molar-refractivity contribution in [1.29, 1.82) is 0 Å². The first-order valence-electron chi connectivity index (χ1n) is 5.14. The summed E-state index contributed by atoms with van der Waals surface area (Å²) >= 11 is 0. The van der Waals surface area contributed by atoms with Crippen LogP contribution in [0.25, 0.3) is 0 Å². The lowest BCUT2D eigenvalue weighted by atomic mass is 10.3. The Balaban J connectivity index is 2.02. The number of aromatic nitrogens is 3. The molecule has 84 valence electrons. The molecule has 0 fully saturated rings. The molecule has 0 unspecified atom stereocenters. The summed E-state index contributed by atoms with van der Waals surface area (Å²) in [6.45, 7) is 0.754. The SMILES string of the molecule is CNc1cc(NCc2ccnn2C)ccn1. The molecule has 0 aliphatic heterocycles. The van der Waals surface area contributed by atoms with Gasteiger partial charge in [0.2, 0.25) is 0 Å². The smallest absolute Gasteiger partial charge is 0.127 e. The van der Waals surface area contributed by atoms with E-state index in [1.165, 1.54) is 0 Å². The summed E-state index contributed by atoms with van der Waals surface area (Å²) in [7, 11) is 3.79. The molecule has 0 aromatic carbocycles. The zero-order valence-corrected chi connectivity index (χ0v) is 9.44. The van der Waals surface area contributed by atoms with Crippen molar-refractivity contribution in [2.24, 2.45) is 7.05 Å². The fourth-order valence-electron chi connectivity index (χ4n) is 1.44. The number of anilines is 2. The number of nitrogens with one attached hydrogen (secondary N) is 2. The largest absolute Gasteiger partial charge is 0.379 e. The first kappa shape index (κ1) is 10.5. The van der Waals surface area contributed by atoms with Crippen molar-refractivity contribution in [3.05, 3.63) is 36.3 Å². The van der Waals surface area contributed by atoms with Gasteiger partial charge in [-0.2, -0.15) is 5.10 Å². The zero-order valence-electron chi connectivity index (χ0n) is 9.44. The maximum Gasteiger partial charge on any atom is 0.127 e. The molecule has 0 aliphatic carbocycles. The molecule has 0 amide bonds. The molecule has 5 nitrogen and oxygen atoms in total. The summed E-state index contributed by atoms with van der Waals surface area (Å²) in [5.41, 5.74) is 2.18. The van der Waals surface area contributed by atoms with Crippen molar-refractivity contribution in [2.75, 3.05) is 17.7 Å². The lowest BCUT2D eigenvalue weighted by Crippen LogP contribution is -2.05. The summed E-state index contributed by atoms with van der Waals surface area (Å²) < 4.78 is 1.85. The van der Waals surface area contributed by atoms with Crippen molar-refractivity contribution >= 4 is 11.5 Å².